The minimum absolute atomic E-state index is 0.281. The van der Waals surface area contributed by atoms with E-state index in [-0.39, 0.29) is 6.04 Å². The van der Waals surface area contributed by atoms with E-state index in [2.05, 4.69) is 15.4 Å². The Labute approximate surface area is 108 Å². The van der Waals surface area contributed by atoms with Gasteiger partial charge in [-0.2, -0.15) is 0 Å². The predicted molar refractivity (Wildman–Crippen MR) is 67.1 cm³/mol. The number of halogens is 1. The van der Waals surface area contributed by atoms with E-state index in [1.165, 1.54) is 11.3 Å². The van der Waals surface area contributed by atoms with Crippen molar-refractivity contribution in [3.63, 3.8) is 0 Å². The van der Waals surface area contributed by atoms with Gasteiger partial charge in [-0.3, -0.25) is 10.8 Å². The predicted octanol–water partition coefficient (Wildman–Crippen LogP) is 1.75. The highest BCUT2D eigenvalue weighted by Crippen LogP contribution is 2.32. The second-order valence-electron chi connectivity index (χ2n) is 3.19. The molecule has 1 atom stereocenters. The second kappa shape index (κ2) is 5.42. The molecule has 0 saturated heterocycles. The molecule has 0 aliphatic rings. The summed E-state index contributed by atoms with van der Waals surface area (Å²) in [5, 5.41) is 0. The van der Waals surface area contributed by atoms with Crippen LogP contribution in [0.4, 0.5) is 0 Å². The lowest BCUT2D eigenvalue weighted by Gasteiger charge is -2.15. The van der Waals surface area contributed by atoms with Gasteiger partial charge in [0.15, 0.2) is 0 Å². The lowest BCUT2D eigenvalue weighted by Crippen LogP contribution is -2.29. The Hall–Kier alpha value is -1.21. The molecule has 0 aliphatic heterocycles. The molecule has 2 heterocycles. The summed E-state index contributed by atoms with van der Waals surface area (Å²) in [6.45, 7) is 0. The van der Waals surface area contributed by atoms with Crippen LogP contribution < -0.4 is 16.0 Å². The first-order valence-electron chi connectivity index (χ1n) is 4.82. The van der Waals surface area contributed by atoms with Gasteiger partial charge in [0.2, 0.25) is 5.88 Å². The van der Waals surface area contributed by atoms with E-state index in [0.29, 0.717) is 15.9 Å². The van der Waals surface area contributed by atoms with Crippen LogP contribution in [0, 0.1) is 0 Å². The fourth-order valence-electron chi connectivity index (χ4n) is 1.47. The quantitative estimate of drug-likeness (QED) is 0.654. The fraction of sp³-hybridized carbons (Fsp3) is 0.200. The Morgan fingerprint density at radius 1 is 1.41 bits per heavy atom. The zero-order valence-corrected chi connectivity index (χ0v) is 10.6. The molecular weight excluding hydrogens is 260 g/mol. The number of methoxy groups -OCH3 is 1. The first kappa shape index (κ1) is 12.3. The summed E-state index contributed by atoms with van der Waals surface area (Å²) in [6.07, 6.45) is 3.16. The summed E-state index contributed by atoms with van der Waals surface area (Å²) >= 11 is 7.34. The normalized spacial score (nSPS) is 12.4. The highest BCUT2D eigenvalue weighted by Gasteiger charge is 2.20. The number of rotatable bonds is 4. The average Bonchev–Trinajstić information content (AvgIpc) is 2.77. The molecule has 0 fully saturated rings. The van der Waals surface area contributed by atoms with Crippen LogP contribution in [-0.4, -0.2) is 17.1 Å². The van der Waals surface area contributed by atoms with E-state index in [1.807, 2.05) is 12.1 Å². The number of ether oxygens (including phenoxy) is 1. The van der Waals surface area contributed by atoms with Crippen LogP contribution >= 0.6 is 22.9 Å². The first-order valence-corrected chi connectivity index (χ1v) is 6.02. The number of hydrogen-bond donors (Lipinski definition) is 2. The smallest absolute Gasteiger partial charge is 0.237 e. The minimum Gasteiger partial charge on any atom is -0.480 e. The Balaban J connectivity index is 2.41. The Kier molecular flexibility index (Phi) is 3.90. The molecule has 0 amide bonds. The maximum atomic E-state index is 5.91. The highest BCUT2D eigenvalue weighted by atomic mass is 35.5. The topological polar surface area (TPSA) is 73.1 Å². The van der Waals surface area contributed by atoms with Crippen molar-refractivity contribution in [2.45, 2.75) is 6.04 Å². The molecule has 0 spiro atoms. The van der Waals surface area contributed by atoms with Crippen molar-refractivity contribution in [1.82, 2.24) is 15.4 Å². The molecule has 2 rings (SSSR count). The third kappa shape index (κ3) is 2.55. The van der Waals surface area contributed by atoms with Crippen molar-refractivity contribution in [2.75, 3.05) is 7.11 Å². The van der Waals surface area contributed by atoms with E-state index < -0.39 is 0 Å². The lowest BCUT2D eigenvalue weighted by molar-refractivity contribution is 0.383. The first-order chi connectivity index (χ1) is 8.26. The zero-order chi connectivity index (χ0) is 12.3. The highest BCUT2D eigenvalue weighted by molar-refractivity contribution is 7.16. The van der Waals surface area contributed by atoms with Crippen molar-refractivity contribution < 1.29 is 4.74 Å². The van der Waals surface area contributed by atoms with E-state index in [4.69, 9.17) is 22.2 Å². The molecule has 1 unspecified atom stereocenters. The molecule has 0 aromatic carbocycles. The number of hydrazine groups is 1. The zero-order valence-electron chi connectivity index (χ0n) is 9.05. The van der Waals surface area contributed by atoms with Crippen LogP contribution in [0.1, 0.15) is 16.6 Å². The van der Waals surface area contributed by atoms with Gasteiger partial charge in [0.05, 0.1) is 11.4 Å². The van der Waals surface area contributed by atoms with Crippen LogP contribution in [0.2, 0.25) is 4.34 Å². The summed E-state index contributed by atoms with van der Waals surface area (Å²) in [4.78, 5) is 9.28. The van der Waals surface area contributed by atoms with E-state index in [0.717, 1.165) is 4.88 Å². The SMILES string of the molecule is COc1nccnc1C(NN)c1ccc(Cl)s1. The number of nitrogens with one attached hydrogen (secondary N) is 1. The van der Waals surface area contributed by atoms with Gasteiger partial charge in [0.25, 0.3) is 0 Å². The van der Waals surface area contributed by atoms with Gasteiger partial charge in [-0.05, 0) is 12.1 Å². The van der Waals surface area contributed by atoms with Gasteiger partial charge in [0, 0.05) is 17.3 Å². The summed E-state index contributed by atoms with van der Waals surface area (Å²) in [5.41, 5.74) is 3.33. The fourth-order valence-corrected chi connectivity index (χ4v) is 2.60. The molecule has 5 nitrogen and oxygen atoms in total. The molecular formula is C10H11ClN4OS. The third-order valence-electron chi connectivity index (χ3n) is 2.20. The maximum absolute atomic E-state index is 5.91. The monoisotopic (exact) mass is 270 g/mol. The summed E-state index contributed by atoms with van der Waals surface area (Å²) in [7, 11) is 1.54. The van der Waals surface area contributed by atoms with E-state index in [9.17, 15) is 0 Å². The number of thiophene rings is 1. The molecule has 2 aromatic heterocycles. The van der Waals surface area contributed by atoms with Gasteiger partial charge in [-0.15, -0.1) is 11.3 Å². The van der Waals surface area contributed by atoms with Crippen molar-refractivity contribution in [2.24, 2.45) is 5.84 Å². The molecule has 3 N–H and O–H groups in total. The minimum atomic E-state index is -0.281. The van der Waals surface area contributed by atoms with Gasteiger partial charge >= 0.3 is 0 Å². The van der Waals surface area contributed by atoms with Gasteiger partial charge in [-0.25, -0.2) is 10.4 Å². The molecule has 2 aromatic rings. The molecule has 0 aliphatic carbocycles. The number of nitrogens with two attached hydrogens (primary N) is 1. The largest absolute Gasteiger partial charge is 0.480 e. The van der Waals surface area contributed by atoms with Crippen molar-refractivity contribution in [1.29, 1.82) is 0 Å². The van der Waals surface area contributed by atoms with Crippen LogP contribution in [0.25, 0.3) is 0 Å². The summed E-state index contributed by atoms with van der Waals surface area (Å²) in [5.74, 6) is 6.00. The van der Waals surface area contributed by atoms with Crippen LogP contribution in [0.5, 0.6) is 5.88 Å². The molecule has 0 radical (unpaired) electrons. The van der Waals surface area contributed by atoms with Crippen molar-refractivity contribution >= 4 is 22.9 Å². The molecule has 0 saturated carbocycles. The maximum Gasteiger partial charge on any atom is 0.237 e. The molecule has 7 heteroatoms. The van der Waals surface area contributed by atoms with Crippen molar-refractivity contribution in [3.8, 4) is 5.88 Å². The van der Waals surface area contributed by atoms with Crippen LogP contribution in [0.3, 0.4) is 0 Å². The van der Waals surface area contributed by atoms with E-state index >= 15 is 0 Å². The average molecular weight is 271 g/mol. The van der Waals surface area contributed by atoms with Gasteiger partial charge in [-0.1, -0.05) is 11.6 Å². The van der Waals surface area contributed by atoms with Crippen molar-refractivity contribution in [3.05, 3.63) is 39.4 Å². The van der Waals surface area contributed by atoms with Crippen LogP contribution in [0.15, 0.2) is 24.5 Å². The summed E-state index contributed by atoms with van der Waals surface area (Å²) < 4.78 is 5.86. The molecule has 90 valence electrons. The van der Waals surface area contributed by atoms with Gasteiger partial charge in [0.1, 0.15) is 11.7 Å². The van der Waals surface area contributed by atoms with E-state index in [1.54, 1.807) is 19.5 Å². The third-order valence-corrected chi connectivity index (χ3v) is 3.50. The standard InChI is InChI=1S/C10H11ClN4OS/c1-16-10-9(13-4-5-14-10)8(15-12)6-2-3-7(11)17-6/h2-5,8,15H,12H2,1H3. The lowest BCUT2D eigenvalue weighted by atomic mass is 10.2. The number of nitrogens with zero attached hydrogens (tertiary/aromatic N) is 2. The molecule has 17 heavy (non-hydrogen) atoms. The Bertz CT molecular complexity index is 505. The van der Waals surface area contributed by atoms with Crippen LogP contribution in [-0.2, 0) is 0 Å². The number of aromatic nitrogens is 2. The Morgan fingerprint density at radius 3 is 2.76 bits per heavy atom. The summed E-state index contributed by atoms with van der Waals surface area (Å²) in [6, 6.07) is 3.43. The second-order valence-corrected chi connectivity index (χ2v) is 4.94. The Morgan fingerprint density at radius 2 is 2.18 bits per heavy atom. The van der Waals surface area contributed by atoms with Gasteiger partial charge < -0.3 is 4.74 Å². The molecule has 0 bridgehead atoms. The number of hydrogen-bond acceptors (Lipinski definition) is 6.